The van der Waals surface area contributed by atoms with E-state index >= 15 is 0 Å². The molecule has 1 aromatic heterocycles. The summed E-state index contributed by atoms with van der Waals surface area (Å²) in [5, 5.41) is 16.8. The molecule has 8 nitrogen and oxygen atoms in total. The van der Waals surface area contributed by atoms with E-state index in [1.165, 1.54) is 23.6 Å². The standard InChI is InChI=1S/C33H40N2O6/c1-18-7-6-8-23(11-18)35-26-12-22-9-10-24-25-13-29-33(41-20(3)40-29,28(38)17-39-19(2)36)32(25,5)15-27(37)30(24)31(22,4)14-21(26)16-34-35/h6-8,11-12,16,20,24-25,27,29-30,37H,9-10,13-15,17H2,1-5H3/t20?,24-,25-,27-,29+,30+,31-,32-,33+/m0/s1. The number of aliphatic hydroxyl groups is 1. The first kappa shape index (κ1) is 27.0. The summed E-state index contributed by atoms with van der Waals surface area (Å²) in [6.45, 7) is 9.29. The molecule has 0 bridgehead atoms. The van der Waals surface area contributed by atoms with Crippen molar-refractivity contribution < 1.29 is 28.9 Å². The molecular weight excluding hydrogens is 520 g/mol. The third-order valence-corrected chi connectivity index (χ3v) is 11.4. The van der Waals surface area contributed by atoms with Crippen molar-refractivity contribution in [2.75, 3.05) is 6.61 Å². The highest BCUT2D eigenvalue weighted by Gasteiger charge is 2.75. The summed E-state index contributed by atoms with van der Waals surface area (Å²) in [7, 11) is 0. The molecule has 0 amide bonds. The van der Waals surface area contributed by atoms with E-state index in [-0.39, 0.29) is 35.6 Å². The number of benzene rings is 1. The van der Waals surface area contributed by atoms with Gasteiger partial charge in [-0.1, -0.05) is 31.6 Å². The van der Waals surface area contributed by atoms with E-state index in [4.69, 9.17) is 19.3 Å². The molecule has 4 aliphatic carbocycles. The van der Waals surface area contributed by atoms with E-state index in [1.54, 1.807) is 0 Å². The number of esters is 1. The zero-order chi connectivity index (χ0) is 28.9. The summed E-state index contributed by atoms with van der Waals surface area (Å²) in [6, 6.07) is 8.41. The average Bonchev–Trinajstić information content (AvgIpc) is 3.54. The lowest BCUT2D eigenvalue weighted by atomic mass is 9.45. The summed E-state index contributed by atoms with van der Waals surface area (Å²) in [4.78, 5) is 25.4. The van der Waals surface area contributed by atoms with Gasteiger partial charge in [0.25, 0.3) is 0 Å². The van der Waals surface area contributed by atoms with Crippen LogP contribution in [0, 0.1) is 35.5 Å². The fourth-order valence-corrected chi connectivity index (χ4v) is 9.84. The normalized spacial score (nSPS) is 40.5. The van der Waals surface area contributed by atoms with Gasteiger partial charge in [-0.3, -0.25) is 9.59 Å². The van der Waals surface area contributed by atoms with Gasteiger partial charge in [0.15, 0.2) is 18.5 Å². The van der Waals surface area contributed by atoms with Gasteiger partial charge in [0.1, 0.15) is 0 Å². The number of Topliss-reactive ketones (excluding diaryl/α,β-unsaturated/α-hetero) is 1. The number of allylic oxidation sites excluding steroid dienone is 1. The second-order valence-electron chi connectivity index (χ2n) is 13.6. The second-order valence-corrected chi connectivity index (χ2v) is 13.6. The lowest BCUT2D eigenvalue weighted by Crippen LogP contribution is -2.64. The molecule has 218 valence electrons. The summed E-state index contributed by atoms with van der Waals surface area (Å²) in [6.07, 6.45) is 6.59. The number of aromatic nitrogens is 2. The van der Waals surface area contributed by atoms with Crippen LogP contribution in [0.5, 0.6) is 0 Å². The molecule has 9 atom stereocenters. The first-order valence-electron chi connectivity index (χ1n) is 15.0. The molecule has 8 heteroatoms. The monoisotopic (exact) mass is 560 g/mol. The third-order valence-electron chi connectivity index (χ3n) is 11.4. The number of hydrogen-bond acceptors (Lipinski definition) is 7. The Kier molecular flexibility index (Phi) is 6.00. The maximum Gasteiger partial charge on any atom is 0.303 e. The molecule has 1 aromatic carbocycles. The van der Waals surface area contributed by atoms with Gasteiger partial charge in [-0.05, 0) is 98.5 Å². The number of carbonyl (C=O) groups excluding carboxylic acids is 2. The summed E-state index contributed by atoms with van der Waals surface area (Å²) in [5.74, 6) is -0.349. The largest absolute Gasteiger partial charge is 0.458 e. The first-order chi connectivity index (χ1) is 19.5. The molecule has 5 aliphatic rings. The number of ketones is 1. The Morgan fingerprint density at radius 1 is 1.27 bits per heavy atom. The van der Waals surface area contributed by atoms with Crippen molar-refractivity contribution in [2.45, 2.75) is 90.8 Å². The van der Waals surface area contributed by atoms with Crippen molar-refractivity contribution in [1.29, 1.82) is 0 Å². The van der Waals surface area contributed by atoms with Crippen LogP contribution in [-0.2, 0) is 30.2 Å². The minimum absolute atomic E-state index is 0.0490. The van der Waals surface area contributed by atoms with Crippen molar-refractivity contribution >= 4 is 17.8 Å². The molecule has 7 rings (SSSR count). The number of aryl methyl sites for hydroxylation is 1. The fourth-order valence-electron chi connectivity index (χ4n) is 9.84. The Bertz CT molecular complexity index is 1460. The zero-order valence-electron chi connectivity index (χ0n) is 24.6. The molecular formula is C33H40N2O6. The van der Waals surface area contributed by atoms with Crippen LogP contribution in [0.4, 0.5) is 0 Å². The molecule has 1 unspecified atom stereocenters. The molecule has 2 heterocycles. The van der Waals surface area contributed by atoms with Gasteiger partial charge in [0.2, 0.25) is 5.78 Å². The quantitative estimate of drug-likeness (QED) is 0.547. The maximum absolute atomic E-state index is 13.8. The summed E-state index contributed by atoms with van der Waals surface area (Å²) in [5.41, 5.74) is 3.90. The number of hydrogen-bond donors (Lipinski definition) is 1. The summed E-state index contributed by atoms with van der Waals surface area (Å²) < 4.78 is 19.8. The van der Waals surface area contributed by atoms with Gasteiger partial charge in [-0.15, -0.1) is 0 Å². The molecule has 41 heavy (non-hydrogen) atoms. The van der Waals surface area contributed by atoms with Crippen LogP contribution in [0.3, 0.4) is 0 Å². The van der Waals surface area contributed by atoms with Crippen LogP contribution < -0.4 is 0 Å². The van der Waals surface area contributed by atoms with E-state index in [1.807, 2.05) is 17.8 Å². The van der Waals surface area contributed by atoms with Gasteiger partial charge >= 0.3 is 5.97 Å². The Morgan fingerprint density at radius 3 is 2.83 bits per heavy atom. The van der Waals surface area contributed by atoms with E-state index < -0.39 is 35.5 Å². The summed E-state index contributed by atoms with van der Waals surface area (Å²) >= 11 is 0. The lowest BCUT2D eigenvalue weighted by molar-refractivity contribution is -0.200. The average molecular weight is 561 g/mol. The molecule has 1 N–H and O–H groups in total. The number of fused-ring (bicyclic) bond motifs is 8. The van der Waals surface area contributed by atoms with E-state index in [0.29, 0.717) is 12.8 Å². The SMILES string of the molecule is CC(=O)OCC(=O)[C@@]12OC(C)O[C@@H]1C[C@H]1[C@@H]3CCC4=Cc5c(cnn5-c5cccc(C)c5)C[C@]4(C)[C@H]3[C@@H](O)C[C@@]12C. The predicted octanol–water partition coefficient (Wildman–Crippen LogP) is 4.58. The zero-order valence-corrected chi connectivity index (χ0v) is 24.6. The minimum atomic E-state index is -1.23. The van der Waals surface area contributed by atoms with Crippen LogP contribution in [0.25, 0.3) is 11.8 Å². The van der Waals surface area contributed by atoms with Crippen molar-refractivity contribution in [1.82, 2.24) is 9.78 Å². The Morgan fingerprint density at radius 2 is 2.07 bits per heavy atom. The van der Waals surface area contributed by atoms with Crippen molar-refractivity contribution in [3.63, 3.8) is 0 Å². The van der Waals surface area contributed by atoms with Crippen molar-refractivity contribution in [2.24, 2.45) is 28.6 Å². The van der Waals surface area contributed by atoms with E-state index in [2.05, 4.69) is 51.1 Å². The Hall–Kier alpha value is -2.81. The minimum Gasteiger partial charge on any atom is -0.458 e. The van der Waals surface area contributed by atoms with Crippen molar-refractivity contribution in [3.8, 4) is 5.69 Å². The number of aliphatic hydroxyl groups excluding tert-OH is 1. The van der Waals surface area contributed by atoms with Crippen LogP contribution in [0.2, 0.25) is 0 Å². The number of ether oxygens (including phenoxy) is 3. The fraction of sp³-hybridized carbons (Fsp3) is 0.606. The molecule has 0 spiro atoms. The molecule has 0 radical (unpaired) electrons. The second kappa shape index (κ2) is 9.09. The highest BCUT2D eigenvalue weighted by atomic mass is 16.7. The number of nitrogens with zero attached hydrogens (tertiary/aromatic N) is 2. The van der Waals surface area contributed by atoms with Gasteiger partial charge in [0.05, 0.1) is 29.8 Å². The third kappa shape index (κ3) is 3.66. The van der Waals surface area contributed by atoms with Gasteiger partial charge in [-0.25, -0.2) is 4.68 Å². The number of rotatable bonds is 4. The Labute approximate surface area is 241 Å². The van der Waals surface area contributed by atoms with Crippen LogP contribution >= 0.6 is 0 Å². The molecule has 1 aliphatic heterocycles. The topological polar surface area (TPSA) is 99.9 Å². The highest BCUT2D eigenvalue weighted by Crippen LogP contribution is 2.70. The van der Waals surface area contributed by atoms with Crippen LogP contribution in [0.1, 0.15) is 70.2 Å². The van der Waals surface area contributed by atoms with Gasteiger partial charge in [0, 0.05) is 12.3 Å². The van der Waals surface area contributed by atoms with Crippen molar-refractivity contribution in [3.05, 3.63) is 52.9 Å². The predicted molar refractivity (Wildman–Crippen MR) is 151 cm³/mol. The van der Waals surface area contributed by atoms with Crippen LogP contribution in [-0.4, -0.2) is 57.3 Å². The molecule has 2 aromatic rings. The van der Waals surface area contributed by atoms with Gasteiger partial charge in [-0.2, -0.15) is 5.10 Å². The van der Waals surface area contributed by atoms with Crippen LogP contribution in [0.15, 0.2) is 36.0 Å². The Balaban J connectivity index is 1.24. The van der Waals surface area contributed by atoms with Gasteiger partial charge < -0.3 is 19.3 Å². The van der Waals surface area contributed by atoms with E-state index in [0.717, 1.165) is 30.6 Å². The smallest absolute Gasteiger partial charge is 0.303 e. The first-order valence-corrected chi connectivity index (χ1v) is 15.0. The molecule has 1 saturated heterocycles. The highest BCUT2D eigenvalue weighted by molar-refractivity contribution is 5.92. The molecule has 3 saturated carbocycles. The number of carbonyl (C=O) groups is 2. The molecule has 4 fully saturated rings. The maximum atomic E-state index is 13.8. The lowest BCUT2D eigenvalue weighted by Gasteiger charge is -2.60. The van der Waals surface area contributed by atoms with E-state index in [9.17, 15) is 14.7 Å².